The summed E-state index contributed by atoms with van der Waals surface area (Å²) in [6.45, 7) is 2.38. The number of hydrogen-bond donors (Lipinski definition) is 0. The van der Waals surface area contributed by atoms with Gasteiger partial charge in [0.25, 0.3) is 0 Å². The molecule has 0 unspecified atom stereocenters. The first-order valence-electron chi connectivity index (χ1n) is 7.92. The highest BCUT2D eigenvalue weighted by Gasteiger charge is 2.27. The average Bonchev–Trinajstić information content (AvgIpc) is 3.20. The van der Waals surface area contributed by atoms with Crippen LogP contribution in [0.1, 0.15) is 17.9 Å². The van der Waals surface area contributed by atoms with Crippen LogP contribution in [0.15, 0.2) is 48.5 Å². The molecule has 4 aromatic rings. The summed E-state index contributed by atoms with van der Waals surface area (Å²) < 4.78 is 3.84. The first kappa shape index (κ1) is 12.7. The van der Waals surface area contributed by atoms with Crippen molar-refractivity contribution in [1.29, 1.82) is 0 Å². The number of aromatic nitrogens is 1. The molecule has 0 radical (unpaired) electrons. The average molecular weight is 306 g/mol. The molecule has 2 nitrogen and oxygen atoms in total. The van der Waals surface area contributed by atoms with Crippen molar-refractivity contribution in [3.05, 3.63) is 54.1 Å². The third-order valence-electron chi connectivity index (χ3n) is 5.00. The van der Waals surface area contributed by atoms with Crippen LogP contribution in [0.4, 0.5) is 0 Å². The molecule has 2 aromatic carbocycles. The minimum absolute atomic E-state index is 0.651. The number of para-hydroxylation sites is 1. The summed E-state index contributed by atoms with van der Waals surface area (Å²) >= 11 is 1.87. The minimum Gasteiger partial charge on any atom is -0.306 e. The molecule has 5 rings (SSSR count). The van der Waals surface area contributed by atoms with Gasteiger partial charge in [0.15, 0.2) is 0 Å². The Bertz CT molecular complexity index is 989. The molecule has 3 heteroatoms. The zero-order valence-electron chi connectivity index (χ0n) is 12.6. The van der Waals surface area contributed by atoms with Gasteiger partial charge in [-0.3, -0.25) is 3.79 Å². The highest BCUT2D eigenvalue weighted by Crippen LogP contribution is 2.42. The van der Waals surface area contributed by atoms with Gasteiger partial charge in [0, 0.05) is 23.2 Å². The SMILES string of the molecule is CN1CC[C@H](c2c3ccccc3n3sc4ccccc4c23)C1. The maximum atomic E-state index is 2.46. The lowest BCUT2D eigenvalue weighted by Gasteiger charge is -2.10. The minimum atomic E-state index is 0.651. The van der Waals surface area contributed by atoms with Crippen molar-refractivity contribution in [1.82, 2.24) is 8.69 Å². The molecule has 1 atom stereocenters. The molecule has 22 heavy (non-hydrogen) atoms. The molecule has 0 aliphatic carbocycles. The number of nitrogens with zero attached hydrogens (tertiary/aromatic N) is 2. The van der Waals surface area contributed by atoms with Gasteiger partial charge in [-0.05, 0) is 37.7 Å². The third-order valence-corrected chi connectivity index (χ3v) is 6.12. The van der Waals surface area contributed by atoms with Crippen molar-refractivity contribution in [2.75, 3.05) is 20.1 Å². The van der Waals surface area contributed by atoms with Crippen LogP contribution in [0.3, 0.4) is 0 Å². The van der Waals surface area contributed by atoms with Crippen molar-refractivity contribution >= 4 is 38.0 Å². The Kier molecular flexibility index (Phi) is 2.64. The van der Waals surface area contributed by atoms with Crippen LogP contribution in [0.5, 0.6) is 0 Å². The molecule has 0 saturated carbocycles. The van der Waals surface area contributed by atoms with Crippen LogP contribution < -0.4 is 0 Å². The highest BCUT2D eigenvalue weighted by atomic mass is 32.1. The Balaban J connectivity index is 1.94. The van der Waals surface area contributed by atoms with Crippen molar-refractivity contribution in [3.8, 4) is 0 Å². The fourth-order valence-electron chi connectivity index (χ4n) is 4.01. The van der Waals surface area contributed by atoms with Crippen LogP contribution in [0.2, 0.25) is 0 Å². The van der Waals surface area contributed by atoms with E-state index in [4.69, 9.17) is 0 Å². The van der Waals surface area contributed by atoms with E-state index in [0.717, 1.165) is 0 Å². The Labute approximate surface area is 133 Å². The van der Waals surface area contributed by atoms with Crippen LogP contribution in [-0.4, -0.2) is 28.8 Å². The van der Waals surface area contributed by atoms with Gasteiger partial charge in [-0.2, -0.15) is 0 Å². The zero-order valence-corrected chi connectivity index (χ0v) is 13.4. The van der Waals surface area contributed by atoms with Gasteiger partial charge >= 0.3 is 0 Å². The summed E-state index contributed by atoms with van der Waals surface area (Å²) in [5, 5.41) is 2.85. The van der Waals surface area contributed by atoms with Gasteiger partial charge in [-0.15, -0.1) is 0 Å². The van der Waals surface area contributed by atoms with E-state index in [0.29, 0.717) is 5.92 Å². The molecule has 1 aliphatic rings. The Morgan fingerprint density at radius 1 is 1.00 bits per heavy atom. The van der Waals surface area contributed by atoms with E-state index in [2.05, 4.69) is 64.3 Å². The quantitative estimate of drug-likeness (QED) is 0.493. The topological polar surface area (TPSA) is 7.65 Å². The van der Waals surface area contributed by atoms with Gasteiger partial charge in [0.1, 0.15) is 0 Å². The van der Waals surface area contributed by atoms with E-state index in [1.54, 1.807) is 5.56 Å². The molecule has 1 fully saturated rings. The lowest BCUT2D eigenvalue weighted by molar-refractivity contribution is 0.412. The summed E-state index contributed by atoms with van der Waals surface area (Å²) in [4.78, 5) is 2.46. The fraction of sp³-hybridized carbons (Fsp3) is 0.263. The first-order valence-corrected chi connectivity index (χ1v) is 8.70. The normalized spacial score (nSPS) is 19.8. The van der Waals surface area contributed by atoms with E-state index >= 15 is 0 Å². The van der Waals surface area contributed by atoms with Crippen LogP contribution in [0.25, 0.3) is 26.5 Å². The van der Waals surface area contributed by atoms with Crippen molar-refractivity contribution in [2.45, 2.75) is 12.3 Å². The number of benzene rings is 2. The lowest BCUT2D eigenvalue weighted by atomic mass is 9.95. The van der Waals surface area contributed by atoms with E-state index < -0.39 is 0 Å². The van der Waals surface area contributed by atoms with E-state index in [-0.39, 0.29) is 0 Å². The van der Waals surface area contributed by atoms with Gasteiger partial charge in [-0.25, -0.2) is 0 Å². The van der Waals surface area contributed by atoms with E-state index in [1.807, 2.05) is 11.5 Å². The molecule has 0 N–H and O–H groups in total. The molecule has 1 aliphatic heterocycles. The van der Waals surface area contributed by atoms with Crippen molar-refractivity contribution in [3.63, 3.8) is 0 Å². The smallest absolute Gasteiger partial charge is 0.0695 e. The van der Waals surface area contributed by atoms with Crippen molar-refractivity contribution in [2.24, 2.45) is 0 Å². The van der Waals surface area contributed by atoms with Crippen molar-refractivity contribution < 1.29 is 0 Å². The molecule has 110 valence electrons. The summed E-state index contributed by atoms with van der Waals surface area (Å²) in [5.41, 5.74) is 4.38. The van der Waals surface area contributed by atoms with Gasteiger partial charge in [0.2, 0.25) is 0 Å². The zero-order chi connectivity index (χ0) is 14.7. The largest absolute Gasteiger partial charge is 0.306 e. The summed E-state index contributed by atoms with van der Waals surface area (Å²) in [6.07, 6.45) is 1.27. The van der Waals surface area contributed by atoms with E-state index in [1.165, 1.54) is 46.0 Å². The Morgan fingerprint density at radius 2 is 1.77 bits per heavy atom. The molecule has 0 spiro atoms. The van der Waals surface area contributed by atoms with E-state index in [9.17, 15) is 0 Å². The number of fused-ring (bicyclic) bond motifs is 5. The second-order valence-corrected chi connectivity index (χ2v) is 7.40. The predicted octanol–water partition coefficient (Wildman–Crippen LogP) is 4.73. The molecule has 0 amide bonds. The van der Waals surface area contributed by atoms with Crippen LogP contribution >= 0.6 is 11.5 Å². The fourth-order valence-corrected chi connectivity index (χ4v) is 5.15. The van der Waals surface area contributed by atoms with Gasteiger partial charge < -0.3 is 4.90 Å². The summed E-state index contributed by atoms with van der Waals surface area (Å²) in [5.74, 6) is 0.651. The maximum Gasteiger partial charge on any atom is 0.0695 e. The molecule has 1 saturated heterocycles. The van der Waals surface area contributed by atoms with Gasteiger partial charge in [0.05, 0.1) is 15.7 Å². The molecular weight excluding hydrogens is 288 g/mol. The molecule has 3 heterocycles. The number of hydrogen-bond acceptors (Lipinski definition) is 2. The summed E-state index contributed by atoms with van der Waals surface area (Å²) in [7, 11) is 2.24. The van der Waals surface area contributed by atoms with Crippen LogP contribution in [-0.2, 0) is 0 Å². The van der Waals surface area contributed by atoms with Gasteiger partial charge in [-0.1, -0.05) is 47.9 Å². The molecule has 2 aromatic heterocycles. The summed E-state index contributed by atoms with van der Waals surface area (Å²) in [6, 6.07) is 17.7. The Hall–Kier alpha value is -1.84. The third kappa shape index (κ3) is 1.64. The second-order valence-electron chi connectivity index (χ2n) is 6.41. The first-order chi connectivity index (χ1) is 10.8. The standard InChI is InChI=1S/C19H18N2S/c1-20-11-10-13(12-20)18-14-6-2-4-8-16(14)21-19(18)15-7-3-5-9-17(15)22-21/h2-9,13H,10-12H2,1H3/t13-/m0/s1. The molecular formula is C19H18N2S. The highest BCUT2D eigenvalue weighted by molar-refractivity contribution is 7.14. The number of likely N-dealkylation sites (tertiary alicyclic amines) is 1. The maximum absolute atomic E-state index is 2.46. The van der Waals surface area contributed by atoms with Crippen LogP contribution in [0, 0.1) is 0 Å². The number of rotatable bonds is 1. The molecule has 0 bridgehead atoms. The Morgan fingerprint density at radius 3 is 2.59 bits per heavy atom. The second kappa shape index (κ2) is 4.58. The lowest BCUT2D eigenvalue weighted by Crippen LogP contribution is -2.13. The predicted molar refractivity (Wildman–Crippen MR) is 95.1 cm³/mol. The monoisotopic (exact) mass is 306 g/mol. The number of likely N-dealkylation sites (N-methyl/N-ethyl adjacent to an activating group) is 1.